The van der Waals surface area contributed by atoms with Crippen LogP contribution in [0.25, 0.3) is 11.1 Å². The molecule has 0 nitrogen and oxygen atoms in total. The number of rotatable bonds is 2. The highest BCUT2D eigenvalue weighted by Crippen LogP contribution is 2.68. The molecule has 0 saturated heterocycles. The van der Waals surface area contributed by atoms with Crippen molar-refractivity contribution in [1.29, 1.82) is 0 Å². The van der Waals surface area contributed by atoms with Crippen molar-refractivity contribution in [1.82, 2.24) is 0 Å². The van der Waals surface area contributed by atoms with Crippen molar-refractivity contribution in [2.75, 3.05) is 0 Å². The van der Waals surface area contributed by atoms with Crippen LogP contribution in [0.5, 0.6) is 0 Å². The van der Waals surface area contributed by atoms with Crippen molar-refractivity contribution in [3.05, 3.63) is 82.6 Å². The van der Waals surface area contributed by atoms with Gasteiger partial charge in [-0.2, -0.15) is 0 Å². The summed E-state index contributed by atoms with van der Waals surface area (Å²) in [5.74, 6) is 1.04. The van der Waals surface area contributed by atoms with E-state index in [4.69, 9.17) is 0 Å². The van der Waals surface area contributed by atoms with Crippen LogP contribution in [-0.2, 0) is 0 Å². The van der Waals surface area contributed by atoms with Crippen molar-refractivity contribution in [3.63, 3.8) is 0 Å². The van der Waals surface area contributed by atoms with Gasteiger partial charge in [0, 0.05) is 11.8 Å². The van der Waals surface area contributed by atoms with E-state index >= 15 is 0 Å². The molecule has 1 saturated carbocycles. The zero-order valence-corrected chi connectivity index (χ0v) is 19.1. The van der Waals surface area contributed by atoms with Crippen LogP contribution in [0.2, 0.25) is 19.6 Å². The summed E-state index contributed by atoms with van der Waals surface area (Å²) in [6.07, 6.45) is 6.54. The number of hydrogen-bond acceptors (Lipinski definition) is 0. The van der Waals surface area contributed by atoms with Gasteiger partial charge >= 0.3 is 0 Å². The Bertz CT molecular complexity index is 985. The van der Waals surface area contributed by atoms with E-state index in [2.05, 4.69) is 101 Å². The summed E-state index contributed by atoms with van der Waals surface area (Å²) in [5.41, 5.74) is 8.16. The van der Waals surface area contributed by atoms with Gasteiger partial charge in [-0.05, 0) is 39.5 Å². The predicted octanol–water partition coefficient (Wildman–Crippen LogP) is 7.60. The lowest BCUT2D eigenvalue weighted by Gasteiger charge is -2.38. The summed E-state index contributed by atoms with van der Waals surface area (Å²) in [4.78, 5) is 0. The van der Waals surface area contributed by atoms with E-state index in [0.717, 1.165) is 0 Å². The van der Waals surface area contributed by atoms with Gasteiger partial charge in [0.15, 0.2) is 0 Å². The first kappa shape index (κ1) is 18.2. The molecule has 0 amide bonds. The highest BCUT2D eigenvalue weighted by atomic mass is 28.3. The second-order valence-electron chi connectivity index (χ2n) is 11.1. The number of hydrogen-bond donors (Lipinski definition) is 0. The first-order valence-corrected chi connectivity index (χ1v) is 14.3. The van der Waals surface area contributed by atoms with Crippen molar-refractivity contribution in [3.8, 4) is 11.1 Å². The van der Waals surface area contributed by atoms with Gasteiger partial charge in [-0.1, -0.05) is 112 Å². The molecule has 0 bridgehead atoms. The average Bonchev–Trinajstić information content (AvgIpc) is 3.26. The molecule has 5 rings (SSSR count). The zero-order valence-electron chi connectivity index (χ0n) is 18.1. The normalized spacial score (nSPS) is 27.9. The second kappa shape index (κ2) is 5.60. The topological polar surface area (TPSA) is 0 Å². The maximum Gasteiger partial charge on any atom is 0.0772 e. The van der Waals surface area contributed by atoms with Crippen LogP contribution in [0.3, 0.4) is 0 Å². The van der Waals surface area contributed by atoms with E-state index < -0.39 is 8.07 Å². The first-order valence-electron chi connectivity index (χ1n) is 10.8. The summed E-state index contributed by atoms with van der Waals surface area (Å²) < 4.78 is 0. The quantitative estimate of drug-likeness (QED) is 0.468. The molecule has 2 aromatic rings. The van der Waals surface area contributed by atoms with Gasteiger partial charge in [-0.25, -0.2) is 0 Å². The zero-order chi connectivity index (χ0) is 19.9. The third kappa shape index (κ3) is 2.35. The lowest BCUT2D eigenvalue weighted by atomic mass is 9.65. The van der Waals surface area contributed by atoms with Gasteiger partial charge in [0.05, 0.1) is 8.07 Å². The smallest absolute Gasteiger partial charge is 0.0772 e. The van der Waals surface area contributed by atoms with Gasteiger partial charge < -0.3 is 0 Å². The predicted molar refractivity (Wildman–Crippen MR) is 123 cm³/mol. The SMILES string of the molecule is CC1(C)CC(C)(C2c3ccccc3-c3ccccc32)C2C=C([Si](C)(C)C)C=C21. The summed E-state index contributed by atoms with van der Waals surface area (Å²) >= 11 is 0. The Morgan fingerprint density at radius 1 is 0.821 bits per heavy atom. The van der Waals surface area contributed by atoms with Gasteiger partial charge in [-0.15, -0.1) is 0 Å². The monoisotopic (exact) mass is 384 g/mol. The number of allylic oxidation sites excluding steroid dienone is 4. The molecule has 3 aliphatic rings. The van der Waals surface area contributed by atoms with E-state index in [9.17, 15) is 0 Å². The third-order valence-electron chi connectivity index (χ3n) is 7.67. The minimum absolute atomic E-state index is 0.222. The minimum Gasteiger partial charge on any atom is -0.0775 e. The van der Waals surface area contributed by atoms with Crippen LogP contribution in [0.1, 0.15) is 44.2 Å². The molecule has 2 atom stereocenters. The standard InChI is InChI=1S/C27H32Si/c1-26(2)17-27(3,24-16-18(15-23(24)26)28(4,5)6)25-21-13-9-7-11-19(21)20-12-8-10-14-22(20)25/h7-16,24-25H,17H2,1-6H3. The lowest BCUT2D eigenvalue weighted by molar-refractivity contribution is 0.220. The fourth-order valence-electron chi connectivity index (χ4n) is 6.52. The maximum absolute atomic E-state index is 2.68. The molecule has 3 aliphatic carbocycles. The van der Waals surface area contributed by atoms with Gasteiger partial charge in [0.1, 0.15) is 0 Å². The summed E-state index contributed by atoms with van der Waals surface area (Å²) in [6.45, 7) is 15.0. The van der Waals surface area contributed by atoms with Crippen LogP contribution in [0, 0.1) is 16.7 Å². The first-order chi connectivity index (χ1) is 13.1. The highest BCUT2D eigenvalue weighted by molar-refractivity contribution is 6.83. The molecule has 2 aromatic carbocycles. The Morgan fingerprint density at radius 2 is 1.36 bits per heavy atom. The van der Waals surface area contributed by atoms with Crippen LogP contribution in [-0.4, -0.2) is 8.07 Å². The molecule has 144 valence electrons. The summed E-state index contributed by atoms with van der Waals surface area (Å²) in [7, 11) is -1.31. The fourth-order valence-corrected chi connectivity index (χ4v) is 7.77. The molecule has 28 heavy (non-hydrogen) atoms. The minimum atomic E-state index is -1.31. The highest BCUT2D eigenvalue weighted by Gasteiger charge is 2.57. The van der Waals surface area contributed by atoms with E-state index in [1.165, 1.54) is 28.7 Å². The molecule has 1 fully saturated rings. The number of benzene rings is 2. The second-order valence-corrected chi connectivity index (χ2v) is 16.2. The molecule has 0 radical (unpaired) electrons. The van der Waals surface area contributed by atoms with Gasteiger partial charge in [0.2, 0.25) is 0 Å². The van der Waals surface area contributed by atoms with Gasteiger partial charge in [-0.3, -0.25) is 0 Å². The largest absolute Gasteiger partial charge is 0.0775 e. The van der Waals surface area contributed by atoms with Crippen molar-refractivity contribution in [2.45, 2.75) is 52.8 Å². The van der Waals surface area contributed by atoms with Crippen LogP contribution in [0.4, 0.5) is 0 Å². The van der Waals surface area contributed by atoms with Crippen molar-refractivity contribution in [2.24, 2.45) is 16.7 Å². The van der Waals surface area contributed by atoms with Crippen molar-refractivity contribution >= 4 is 8.07 Å². The molecule has 0 heterocycles. The summed E-state index contributed by atoms with van der Waals surface area (Å²) in [5, 5.41) is 1.66. The lowest BCUT2D eigenvalue weighted by Crippen LogP contribution is -2.30. The molecule has 0 spiro atoms. The Morgan fingerprint density at radius 3 is 1.89 bits per heavy atom. The van der Waals surface area contributed by atoms with E-state index in [0.29, 0.717) is 11.8 Å². The Hall–Kier alpha value is -1.86. The third-order valence-corrected chi connectivity index (χ3v) is 9.71. The van der Waals surface area contributed by atoms with Crippen LogP contribution in [0.15, 0.2) is 71.5 Å². The average molecular weight is 385 g/mol. The molecule has 2 unspecified atom stereocenters. The Kier molecular flexibility index (Phi) is 3.64. The van der Waals surface area contributed by atoms with Crippen molar-refractivity contribution < 1.29 is 0 Å². The van der Waals surface area contributed by atoms with E-state index in [1.54, 1.807) is 10.8 Å². The summed E-state index contributed by atoms with van der Waals surface area (Å²) in [6, 6.07) is 18.3. The molecule has 0 N–H and O–H groups in total. The molecular weight excluding hydrogens is 352 g/mol. The molecule has 0 aliphatic heterocycles. The Labute approximate surface area is 171 Å². The van der Waals surface area contributed by atoms with Crippen LogP contribution < -0.4 is 0 Å². The fraction of sp³-hybridized carbons (Fsp3) is 0.407. The molecule has 0 aromatic heterocycles. The Balaban J connectivity index is 1.72. The van der Waals surface area contributed by atoms with E-state index in [1.807, 2.05) is 0 Å². The van der Waals surface area contributed by atoms with Crippen LogP contribution >= 0.6 is 0 Å². The maximum atomic E-state index is 2.68. The van der Waals surface area contributed by atoms with E-state index in [-0.39, 0.29) is 10.8 Å². The molecule has 1 heteroatoms. The number of fused-ring (bicyclic) bond motifs is 4. The van der Waals surface area contributed by atoms with Gasteiger partial charge in [0.25, 0.3) is 0 Å². The molecular formula is C27H32Si.